The quantitative estimate of drug-likeness (QED) is 0.918. The van der Waals surface area contributed by atoms with Gasteiger partial charge in [-0.1, -0.05) is 36.4 Å². The van der Waals surface area contributed by atoms with Crippen LogP contribution < -0.4 is 10.1 Å². The molecule has 1 fully saturated rings. The Balaban J connectivity index is 1.60. The number of hydrogen-bond acceptors (Lipinski definition) is 3. The SMILES string of the molecule is COc1cc(C[C@@H]2CN(Cc3ccccc3)CCN2)ccc1F. The molecule has 0 unspecified atom stereocenters. The summed E-state index contributed by atoms with van der Waals surface area (Å²) in [4.78, 5) is 2.47. The summed E-state index contributed by atoms with van der Waals surface area (Å²) in [6.45, 7) is 4.01. The van der Waals surface area contributed by atoms with Gasteiger partial charge >= 0.3 is 0 Å². The van der Waals surface area contributed by atoms with Crippen molar-refractivity contribution in [2.24, 2.45) is 0 Å². The number of piperazine rings is 1. The van der Waals surface area contributed by atoms with E-state index in [2.05, 4.69) is 34.5 Å². The number of ether oxygens (including phenoxy) is 1. The molecule has 0 bridgehead atoms. The summed E-state index contributed by atoms with van der Waals surface area (Å²) < 4.78 is 18.6. The van der Waals surface area contributed by atoms with Crippen LogP contribution in [0.5, 0.6) is 5.75 Å². The molecule has 2 aromatic carbocycles. The Morgan fingerprint density at radius 1 is 1.17 bits per heavy atom. The van der Waals surface area contributed by atoms with Crippen LogP contribution in [-0.2, 0) is 13.0 Å². The van der Waals surface area contributed by atoms with E-state index < -0.39 is 0 Å². The Morgan fingerprint density at radius 3 is 2.78 bits per heavy atom. The van der Waals surface area contributed by atoms with Crippen molar-refractivity contribution in [2.75, 3.05) is 26.7 Å². The molecule has 0 amide bonds. The number of hydrogen-bond donors (Lipinski definition) is 1. The average molecular weight is 314 g/mol. The Hall–Kier alpha value is -1.91. The second-order valence-electron chi connectivity index (χ2n) is 6.04. The fourth-order valence-corrected chi connectivity index (χ4v) is 3.13. The van der Waals surface area contributed by atoms with E-state index in [1.807, 2.05) is 12.1 Å². The van der Waals surface area contributed by atoms with E-state index in [0.29, 0.717) is 11.8 Å². The molecular formula is C19H23FN2O. The fourth-order valence-electron chi connectivity index (χ4n) is 3.13. The van der Waals surface area contributed by atoms with Gasteiger partial charge < -0.3 is 10.1 Å². The Morgan fingerprint density at radius 2 is 2.00 bits per heavy atom. The molecule has 4 heteroatoms. The third-order valence-corrected chi connectivity index (χ3v) is 4.29. The molecule has 0 aromatic heterocycles. The third-order valence-electron chi connectivity index (χ3n) is 4.29. The molecule has 1 saturated heterocycles. The molecule has 0 spiro atoms. The van der Waals surface area contributed by atoms with Gasteiger partial charge in [0.1, 0.15) is 0 Å². The predicted molar refractivity (Wildman–Crippen MR) is 90.2 cm³/mol. The Bertz CT molecular complexity index is 633. The highest BCUT2D eigenvalue weighted by atomic mass is 19.1. The number of benzene rings is 2. The highest BCUT2D eigenvalue weighted by molar-refractivity contribution is 5.31. The smallest absolute Gasteiger partial charge is 0.165 e. The van der Waals surface area contributed by atoms with Gasteiger partial charge in [-0.05, 0) is 29.7 Å². The van der Waals surface area contributed by atoms with Gasteiger partial charge in [0.25, 0.3) is 0 Å². The standard InChI is InChI=1S/C19H23FN2O/c1-23-19-12-16(7-8-18(19)20)11-17-14-22(10-9-21-17)13-15-5-3-2-4-6-15/h2-8,12,17,21H,9-11,13-14H2,1H3/t17-/m1/s1. The molecule has 23 heavy (non-hydrogen) atoms. The zero-order valence-electron chi connectivity index (χ0n) is 13.5. The van der Waals surface area contributed by atoms with Gasteiger partial charge in [-0.3, -0.25) is 4.90 Å². The van der Waals surface area contributed by atoms with Gasteiger partial charge in [0.15, 0.2) is 11.6 Å². The highest BCUT2D eigenvalue weighted by Gasteiger charge is 2.20. The fraction of sp³-hybridized carbons (Fsp3) is 0.368. The van der Waals surface area contributed by atoms with Crippen LogP contribution in [0.4, 0.5) is 4.39 Å². The van der Waals surface area contributed by atoms with Crippen molar-refractivity contribution in [3.63, 3.8) is 0 Å². The van der Waals surface area contributed by atoms with E-state index in [9.17, 15) is 4.39 Å². The van der Waals surface area contributed by atoms with Crippen molar-refractivity contribution in [3.05, 3.63) is 65.5 Å². The second kappa shape index (κ2) is 7.57. The van der Waals surface area contributed by atoms with Crippen molar-refractivity contribution in [1.29, 1.82) is 0 Å². The molecule has 0 aliphatic carbocycles. The second-order valence-corrected chi connectivity index (χ2v) is 6.04. The molecule has 1 N–H and O–H groups in total. The van der Waals surface area contributed by atoms with Gasteiger partial charge in [-0.2, -0.15) is 0 Å². The van der Waals surface area contributed by atoms with Gasteiger partial charge in [0.2, 0.25) is 0 Å². The summed E-state index contributed by atoms with van der Waals surface area (Å²) >= 11 is 0. The molecule has 1 heterocycles. The van der Waals surface area contributed by atoms with Crippen molar-refractivity contribution in [3.8, 4) is 5.75 Å². The van der Waals surface area contributed by atoms with E-state index in [4.69, 9.17) is 4.74 Å². The first-order chi connectivity index (χ1) is 11.2. The van der Waals surface area contributed by atoms with Crippen LogP contribution >= 0.6 is 0 Å². The molecule has 0 radical (unpaired) electrons. The lowest BCUT2D eigenvalue weighted by molar-refractivity contribution is 0.192. The van der Waals surface area contributed by atoms with Crippen LogP contribution in [0, 0.1) is 5.82 Å². The summed E-state index contributed by atoms with van der Waals surface area (Å²) in [5, 5.41) is 3.56. The lowest BCUT2D eigenvalue weighted by Gasteiger charge is -2.34. The van der Waals surface area contributed by atoms with E-state index in [0.717, 1.165) is 38.2 Å². The van der Waals surface area contributed by atoms with Crippen LogP contribution in [0.3, 0.4) is 0 Å². The molecule has 1 atom stereocenters. The summed E-state index contributed by atoms with van der Waals surface area (Å²) in [5.41, 5.74) is 2.44. The van der Waals surface area contributed by atoms with Gasteiger partial charge in [0, 0.05) is 32.2 Å². The molecule has 1 aliphatic heterocycles. The predicted octanol–water partition coefficient (Wildman–Crippen LogP) is 2.85. The zero-order chi connectivity index (χ0) is 16.1. The molecule has 3 nitrogen and oxygen atoms in total. The van der Waals surface area contributed by atoms with E-state index in [-0.39, 0.29) is 5.82 Å². The molecular weight excluding hydrogens is 291 g/mol. The highest BCUT2D eigenvalue weighted by Crippen LogP contribution is 2.20. The number of rotatable bonds is 5. The normalized spacial score (nSPS) is 18.8. The maximum absolute atomic E-state index is 13.5. The van der Waals surface area contributed by atoms with Crippen LogP contribution in [0.1, 0.15) is 11.1 Å². The van der Waals surface area contributed by atoms with Gasteiger partial charge in [0.05, 0.1) is 7.11 Å². The molecule has 122 valence electrons. The molecule has 3 rings (SSSR count). The van der Waals surface area contributed by atoms with Gasteiger partial charge in [-0.25, -0.2) is 4.39 Å². The minimum absolute atomic E-state index is 0.307. The van der Waals surface area contributed by atoms with Gasteiger partial charge in [-0.15, -0.1) is 0 Å². The minimum Gasteiger partial charge on any atom is -0.494 e. The lowest BCUT2D eigenvalue weighted by Crippen LogP contribution is -2.51. The van der Waals surface area contributed by atoms with E-state index >= 15 is 0 Å². The number of methoxy groups -OCH3 is 1. The molecule has 0 saturated carbocycles. The summed E-state index contributed by atoms with van der Waals surface area (Å²) in [6, 6.07) is 16.1. The van der Waals surface area contributed by atoms with Crippen molar-refractivity contribution >= 4 is 0 Å². The maximum atomic E-state index is 13.5. The van der Waals surface area contributed by atoms with Crippen molar-refractivity contribution < 1.29 is 9.13 Å². The zero-order valence-corrected chi connectivity index (χ0v) is 13.5. The maximum Gasteiger partial charge on any atom is 0.165 e. The summed E-state index contributed by atoms with van der Waals surface area (Å²) in [5.74, 6) is 0.0120. The molecule has 2 aromatic rings. The third kappa shape index (κ3) is 4.30. The van der Waals surface area contributed by atoms with E-state index in [1.165, 1.54) is 18.7 Å². The largest absolute Gasteiger partial charge is 0.494 e. The summed E-state index contributed by atoms with van der Waals surface area (Å²) in [7, 11) is 1.50. The lowest BCUT2D eigenvalue weighted by atomic mass is 10.0. The van der Waals surface area contributed by atoms with Crippen molar-refractivity contribution in [1.82, 2.24) is 10.2 Å². The van der Waals surface area contributed by atoms with Crippen LogP contribution in [-0.4, -0.2) is 37.7 Å². The van der Waals surface area contributed by atoms with Crippen molar-refractivity contribution in [2.45, 2.75) is 19.0 Å². The van der Waals surface area contributed by atoms with E-state index in [1.54, 1.807) is 6.07 Å². The first kappa shape index (κ1) is 16.0. The Kier molecular flexibility index (Phi) is 5.26. The number of halogens is 1. The number of nitrogens with zero attached hydrogens (tertiary/aromatic N) is 1. The first-order valence-corrected chi connectivity index (χ1v) is 8.06. The molecule has 1 aliphatic rings. The van der Waals surface area contributed by atoms with Crippen LogP contribution in [0.25, 0.3) is 0 Å². The average Bonchev–Trinajstić information content (AvgIpc) is 2.58. The first-order valence-electron chi connectivity index (χ1n) is 8.06. The minimum atomic E-state index is -0.307. The Labute approximate surface area is 137 Å². The summed E-state index contributed by atoms with van der Waals surface area (Å²) in [6.07, 6.45) is 0.877. The topological polar surface area (TPSA) is 24.5 Å². The van der Waals surface area contributed by atoms with Crippen LogP contribution in [0.15, 0.2) is 48.5 Å². The number of nitrogens with one attached hydrogen (secondary N) is 1. The monoisotopic (exact) mass is 314 g/mol. The van der Waals surface area contributed by atoms with Crippen LogP contribution in [0.2, 0.25) is 0 Å².